The Bertz CT molecular complexity index is 1270. The Hall–Kier alpha value is -3.58. The Balaban J connectivity index is 1.75. The van der Waals surface area contributed by atoms with E-state index in [9.17, 15) is 9.59 Å². The molecule has 0 aliphatic carbocycles. The minimum Gasteiger partial charge on any atom is -0.309 e. The van der Waals surface area contributed by atoms with Gasteiger partial charge in [-0.3, -0.25) is 9.59 Å². The molecule has 150 valence electrons. The summed E-state index contributed by atoms with van der Waals surface area (Å²) >= 11 is 1.38. The second kappa shape index (κ2) is 8.42. The van der Waals surface area contributed by atoms with Crippen LogP contribution in [0.25, 0.3) is 10.2 Å². The van der Waals surface area contributed by atoms with Gasteiger partial charge in [-0.15, -0.1) is 0 Å². The van der Waals surface area contributed by atoms with Gasteiger partial charge in [0.2, 0.25) is 5.91 Å². The molecule has 2 aromatic heterocycles. The summed E-state index contributed by atoms with van der Waals surface area (Å²) < 4.78 is 2.75. The van der Waals surface area contributed by atoms with Gasteiger partial charge in [-0.25, -0.2) is 4.98 Å². The summed E-state index contributed by atoms with van der Waals surface area (Å²) in [6, 6.07) is 19.7. The first-order valence-electron chi connectivity index (χ1n) is 9.50. The van der Waals surface area contributed by atoms with Crippen LogP contribution in [0.3, 0.4) is 0 Å². The number of carbonyl (C=O) groups excluding carboxylic acids is 2. The summed E-state index contributed by atoms with van der Waals surface area (Å²) in [6.45, 7) is 3.75. The van der Waals surface area contributed by atoms with Gasteiger partial charge in [0.15, 0.2) is 4.80 Å². The molecule has 0 bridgehead atoms. The molecule has 2 amide bonds. The first kappa shape index (κ1) is 19.7. The standard InChI is InChI=1S/C23H20N4O2S/c1-15-10-12-17(13-11-15)22(29)26-23-27(18-7-3-4-8-19(18)30-23)16(2)21(28)25-20-9-5-6-14-24-20/h3-14,16H,1-2H3,(H,24,25,28). The lowest BCUT2D eigenvalue weighted by atomic mass is 10.1. The fraction of sp³-hybridized carbons (Fsp3) is 0.130. The summed E-state index contributed by atoms with van der Waals surface area (Å²) in [4.78, 5) is 34.6. The molecule has 1 N–H and O–H groups in total. The van der Waals surface area contributed by atoms with E-state index in [1.165, 1.54) is 11.3 Å². The van der Waals surface area contributed by atoms with Crippen LogP contribution in [0.5, 0.6) is 0 Å². The highest BCUT2D eigenvalue weighted by Gasteiger charge is 2.20. The highest BCUT2D eigenvalue weighted by molar-refractivity contribution is 7.16. The van der Waals surface area contributed by atoms with Crippen molar-refractivity contribution in [3.05, 3.63) is 88.9 Å². The van der Waals surface area contributed by atoms with Gasteiger partial charge in [-0.2, -0.15) is 4.99 Å². The number of rotatable bonds is 4. The van der Waals surface area contributed by atoms with E-state index in [0.717, 1.165) is 15.8 Å². The number of carbonyl (C=O) groups is 2. The lowest BCUT2D eigenvalue weighted by Gasteiger charge is -2.14. The number of para-hydroxylation sites is 1. The van der Waals surface area contributed by atoms with E-state index in [4.69, 9.17) is 0 Å². The Kier molecular flexibility index (Phi) is 5.54. The molecule has 4 rings (SSSR count). The number of benzene rings is 2. The van der Waals surface area contributed by atoms with E-state index in [0.29, 0.717) is 16.2 Å². The van der Waals surface area contributed by atoms with Crippen LogP contribution in [0.4, 0.5) is 5.82 Å². The molecule has 1 unspecified atom stereocenters. The number of hydrogen-bond donors (Lipinski definition) is 1. The van der Waals surface area contributed by atoms with Crippen LogP contribution in [-0.2, 0) is 4.79 Å². The lowest BCUT2D eigenvalue weighted by Crippen LogP contribution is -2.30. The molecule has 2 aromatic carbocycles. The molecular formula is C23H20N4O2S. The zero-order valence-corrected chi connectivity index (χ0v) is 17.4. The third-order valence-electron chi connectivity index (χ3n) is 4.71. The second-order valence-corrected chi connectivity index (χ2v) is 7.89. The zero-order valence-electron chi connectivity index (χ0n) is 16.6. The molecule has 2 heterocycles. The molecular weight excluding hydrogens is 396 g/mol. The molecule has 7 heteroatoms. The minimum absolute atomic E-state index is 0.235. The number of amides is 2. The van der Waals surface area contributed by atoms with Gasteiger partial charge >= 0.3 is 0 Å². The highest BCUT2D eigenvalue weighted by atomic mass is 32.1. The van der Waals surface area contributed by atoms with Crippen molar-refractivity contribution < 1.29 is 9.59 Å². The number of nitrogens with one attached hydrogen (secondary N) is 1. The monoisotopic (exact) mass is 416 g/mol. The van der Waals surface area contributed by atoms with E-state index in [2.05, 4.69) is 15.3 Å². The van der Waals surface area contributed by atoms with E-state index >= 15 is 0 Å². The fourth-order valence-corrected chi connectivity index (χ4v) is 4.17. The maximum absolute atomic E-state index is 12.9. The molecule has 1 atom stereocenters. The van der Waals surface area contributed by atoms with Gasteiger partial charge in [0.25, 0.3) is 5.91 Å². The number of nitrogens with zero attached hydrogens (tertiary/aromatic N) is 3. The maximum atomic E-state index is 12.9. The summed E-state index contributed by atoms with van der Waals surface area (Å²) in [5, 5.41) is 2.82. The molecule has 0 fully saturated rings. The number of aryl methyl sites for hydroxylation is 1. The van der Waals surface area contributed by atoms with Crippen molar-refractivity contribution in [1.82, 2.24) is 9.55 Å². The lowest BCUT2D eigenvalue weighted by molar-refractivity contribution is -0.118. The third-order valence-corrected chi connectivity index (χ3v) is 5.75. The van der Waals surface area contributed by atoms with E-state index in [1.807, 2.05) is 43.3 Å². The topological polar surface area (TPSA) is 76.3 Å². The highest BCUT2D eigenvalue weighted by Crippen LogP contribution is 2.21. The largest absolute Gasteiger partial charge is 0.309 e. The van der Waals surface area contributed by atoms with Crippen LogP contribution < -0.4 is 10.1 Å². The second-order valence-electron chi connectivity index (χ2n) is 6.89. The van der Waals surface area contributed by atoms with Crippen molar-refractivity contribution >= 4 is 39.2 Å². The first-order valence-corrected chi connectivity index (χ1v) is 10.3. The molecule has 0 spiro atoms. The van der Waals surface area contributed by atoms with E-state index in [1.54, 1.807) is 48.0 Å². The van der Waals surface area contributed by atoms with Crippen molar-refractivity contribution in [3.63, 3.8) is 0 Å². The van der Waals surface area contributed by atoms with Crippen LogP contribution in [-0.4, -0.2) is 21.4 Å². The van der Waals surface area contributed by atoms with Gasteiger partial charge in [-0.1, -0.05) is 47.2 Å². The normalized spacial score (nSPS) is 12.7. The zero-order chi connectivity index (χ0) is 21.1. The Morgan fingerprint density at radius 2 is 1.77 bits per heavy atom. The third kappa shape index (κ3) is 4.06. The summed E-state index contributed by atoms with van der Waals surface area (Å²) in [6.07, 6.45) is 1.62. The Morgan fingerprint density at radius 3 is 2.50 bits per heavy atom. The molecule has 0 saturated carbocycles. The predicted molar refractivity (Wildman–Crippen MR) is 118 cm³/mol. The molecule has 30 heavy (non-hydrogen) atoms. The average Bonchev–Trinajstić information content (AvgIpc) is 3.12. The Labute approximate surface area is 177 Å². The number of hydrogen-bond acceptors (Lipinski definition) is 4. The van der Waals surface area contributed by atoms with Gasteiger partial charge < -0.3 is 9.88 Å². The summed E-state index contributed by atoms with van der Waals surface area (Å²) in [5.41, 5.74) is 2.43. The number of aromatic nitrogens is 2. The average molecular weight is 417 g/mol. The van der Waals surface area contributed by atoms with Crippen LogP contribution in [0.2, 0.25) is 0 Å². The van der Waals surface area contributed by atoms with E-state index in [-0.39, 0.29) is 11.8 Å². The molecule has 4 aromatic rings. The van der Waals surface area contributed by atoms with Crippen molar-refractivity contribution in [2.45, 2.75) is 19.9 Å². The minimum atomic E-state index is -0.590. The van der Waals surface area contributed by atoms with Gasteiger partial charge in [-0.05, 0) is 50.2 Å². The molecule has 0 aliphatic rings. The van der Waals surface area contributed by atoms with Crippen molar-refractivity contribution in [3.8, 4) is 0 Å². The Morgan fingerprint density at radius 1 is 1.03 bits per heavy atom. The number of thiazole rings is 1. The molecule has 6 nitrogen and oxygen atoms in total. The molecule has 0 aliphatic heterocycles. The SMILES string of the molecule is Cc1ccc(C(=O)N=c2sc3ccccc3n2C(C)C(=O)Nc2ccccn2)cc1. The van der Waals surface area contributed by atoms with Crippen LogP contribution in [0.1, 0.15) is 28.9 Å². The van der Waals surface area contributed by atoms with Crippen molar-refractivity contribution in [2.75, 3.05) is 5.32 Å². The molecule has 0 radical (unpaired) electrons. The predicted octanol–water partition coefficient (Wildman–Crippen LogP) is 4.35. The number of fused-ring (bicyclic) bond motifs is 1. The summed E-state index contributed by atoms with van der Waals surface area (Å²) in [7, 11) is 0. The van der Waals surface area contributed by atoms with E-state index < -0.39 is 6.04 Å². The number of anilines is 1. The van der Waals surface area contributed by atoms with Crippen LogP contribution in [0, 0.1) is 6.92 Å². The quantitative estimate of drug-likeness (QED) is 0.537. The van der Waals surface area contributed by atoms with Crippen molar-refractivity contribution in [1.29, 1.82) is 0 Å². The molecule has 0 saturated heterocycles. The first-order chi connectivity index (χ1) is 14.5. The number of pyridine rings is 1. The van der Waals surface area contributed by atoms with Gasteiger partial charge in [0.1, 0.15) is 11.9 Å². The van der Waals surface area contributed by atoms with Crippen LogP contribution >= 0.6 is 11.3 Å². The van der Waals surface area contributed by atoms with Gasteiger partial charge in [0, 0.05) is 11.8 Å². The van der Waals surface area contributed by atoms with Crippen molar-refractivity contribution in [2.24, 2.45) is 4.99 Å². The maximum Gasteiger partial charge on any atom is 0.279 e. The van der Waals surface area contributed by atoms with Gasteiger partial charge in [0.05, 0.1) is 10.2 Å². The summed E-state index contributed by atoms with van der Waals surface area (Å²) in [5.74, 6) is -0.0992. The van der Waals surface area contributed by atoms with Crippen LogP contribution in [0.15, 0.2) is 77.9 Å². The smallest absolute Gasteiger partial charge is 0.279 e. The fourth-order valence-electron chi connectivity index (χ4n) is 3.08.